The molecule has 0 bridgehead atoms. The molecule has 1 heteroatoms. The molecule has 0 aliphatic rings. The Morgan fingerprint density at radius 3 is 1.67 bits per heavy atom. The number of allylic oxidation sites excluding steroid dienone is 3. The standard InChI is InChI=1S/C34H29N.C7H8/c1-6-23(4)32(7-2)35-24(5)33-28-12-8-10-14-30(28)34(31-15-11-9-13-29(31)33)27-19-18-25-20-22(3)16-17-26(25)21-27;1-7-5-3-2-4-6-7/h6-21H,1-2H2,3-5H3;2-6H,1H3/b32-23+,35-24?;. The van der Waals surface area contributed by atoms with E-state index in [2.05, 4.69) is 131 Å². The van der Waals surface area contributed by atoms with Gasteiger partial charge in [-0.05, 0) is 88.9 Å². The number of hydrogen-bond acceptors (Lipinski definition) is 1. The second-order valence-electron chi connectivity index (χ2n) is 10.7. The topological polar surface area (TPSA) is 12.4 Å². The summed E-state index contributed by atoms with van der Waals surface area (Å²) in [6.07, 6.45) is 3.63. The zero-order chi connectivity index (χ0) is 29.6. The van der Waals surface area contributed by atoms with Crippen LogP contribution in [0.1, 0.15) is 30.5 Å². The quantitative estimate of drug-likeness (QED) is 0.116. The van der Waals surface area contributed by atoms with Gasteiger partial charge in [-0.3, -0.25) is 4.99 Å². The normalized spacial score (nSPS) is 12.0. The summed E-state index contributed by atoms with van der Waals surface area (Å²) in [4.78, 5) is 4.99. The molecule has 42 heavy (non-hydrogen) atoms. The Hall–Kier alpha value is -5.01. The summed E-state index contributed by atoms with van der Waals surface area (Å²) in [5.74, 6) is 0. The Labute approximate surface area is 249 Å². The van der Waals surface area contributed by atoms with E-state index in [0.29, 0.717) is 0 Å². The molecule has 0 saturated carbocycles. The molecule has 0 aliphatic heterocycles. The molecular formula is C41H37N. The first kappa shape index (κ1) is 28.5. The lowest BCUT2D eigenvalue weighted by atomic mass is 9.86. The Morgan fingerprint density at radius 1 is 0.571 bits per heavy atom. The number of aryl methyl sites for hydroxylation is 2. The molecule has 0 N–H and O–H groups in total. The maximum absolute atomic E-state index is 4.99. The van der Waals surface area contributed by atoms with E-state index in [-0.39, 0.29) is 0 Å². The highest BCUT2D eigenvalue weighted by molar-refractivity contribution is 6.25. The van der Waals surface area contributed by atoms with Gasteiger partial charge >= 0.3 is 0 Å². The Kier molecular flexibility index (Phi) is 8.60. The molecule has 0 radical (unpaired) electrons. The van der Waals surface area contributed by atoms with Crippen molar-refractivity contribution >= 4 is 38.0 Å². The van der Waals surface area contributed by atoms with Crippen molar-refractivity contribution in [1.29, 1.82) is 0 Å². The molecule has 6 rings (SSSR count). The monoisotopic (exact) mass is 543 g/mol. The fraction of sp³-hybridized carbons (Fsp3) is 0.0976. The third-order valence-electron chi connectivity index (χ3n) is 7.71. The van der Waals surface area contributed by atoms with E-state index in [1.165, 1.54) is 54.6 Å². The number of aliphatic imine (C=N–C) groups is 1. The van der Waals surface area contributed by atoms with Crippen LogP contribution in [0.15, 0.2) is 157 Å². The number of fused-ring (bicyclic) bond motifs is 3. The molecule has 0 aromatic heterocycles. The van der Waals surface area contributed by atoms with Crippen LogP contribution >= 0.6 is 0 Å². The molecule has 1 nitrogen and oxygen atoms in total. The lowest BCUT2D eigenvalue weighted by Crippen LogP contribution is -2.01. The second kappa shape index (κ2) is 12.7. The minimum atomic E-state index is 0.847. The average Bonchev–Trinajstić information content (AvgIpc) is 3.02. The van der Waals surface area contributed by atoms with Gasteiger partial charge in [-0.1, -0.05) is 140 Å². The van der Waals surface area contributed by atoms with Crippen molar-refractivity contribution in [2.75, 3.05) is 0 Å². The average molecular weight is 544 g/mol. The predicted molar refractivity (Wildman–Crippen MR) is 186 cm³/mol. The molecule has 0 saturated heterocycles. The fourth-order valence-electron chi connectivity index (χ4n) is 5.52. The van der Waals surface area contributed by atoms with Crippen LogP contribution in [0.25, 0.3) is 43.4 Å². The van der Waals surface area contributed by atoms with Crippen LogP contribution in [-0.2, 0) is 0 Å². The van der Waals surface area contributed by atoms with E-state index in [0.717, 1.165) is 22.5 Å². The van der Waals surface area contributed by atoms with E-state index in [1.807, 2.05) is 31.2 Å². The summed E-state index contributed by atoms with van der Waals surface area (Å²) in [7, 11) is 0. The van der Waals surface area contributed by atoms with Crippen LogP contribution < -0.4 is 0 Å². The van der Waals surface area contributed by atoms with Crippen molar-refractivity contribution in [2.45, 2.75) is 27.7 Å². The first-order valence-corrected chi connectivity index (χ1v) is 14.4. The van der Waals surface area contributed by atoms with E-state index < -0.39 is 0 Å². The Morgan fingerprint density at radius 2 is 1.12 bits per heavy atom. The van der Waals surface area contributed by atoms with Gasteiger partial charge < -0.3 is 0 Å². The summed E-state index contributed by atoms with van der Waals surface area (Å²) in [5.41, 5.74) is 9.07. The van der Waals surface area contributed by atoms with Gasteiger partial charge in [0.1, 0.15) is 0 Å². The lowest BCUT2D eigenvalue weighted by molar-refractivity contribution is 1.31. The van der Waals surface area contributed by atoms with Crippen LogP contribution in [0.2, 0.25) is 0 Å². The molecule has 0 spiro atoms. The van der Waals surface area contributed by atoms with Crippen molar-refractivity contribution in [3.63, 3.8) is 0 Å². The molecule has 6 aromatic rings. The second-order valence-corrected chi connectivity index (χ2v) is 10.7. The van der Waals surface area contributed by atoms with Gasteiger partial charge in [0.05, 0.1) is 5.70 Å². The molecular weight excluding hydrogens is 506 g/mol. The van der Waals surface area contributed by atoms with E-state index in [1.54, 1.807) is 6.08 Å². The van der Waals surface area contributed by atoms with E-state index in [4.69, 9.17) is 4.99 Å². The number of hydrogen-bond donors (Lipinski definition) is 0. The minimum absolute atomic E-state index is 0.847. The molecule has 0 atom stereocenters. The van der Waals surface area contributed by atoms with E-state index in [9.17, 15) is 0 Å². The van der Waals surface area contributed by atoms with Gasteiger partial charge in [-0.25, -0.2) is 0 Å². The maximum Gasteiger partial charge on any atom is 0.0656 e. The van der Waals surface area contributed by atoms with Gasteiger partial charge in [0, 0.05) is 11.3 Å². The van der Waals surface area contributed by atoms with Crippen LogP contribution in [0.3, 0.4) is 0 Å². The maximum atomic E-state index is 4.99. The third kappa shape index (κ3) is 5.87. The zero-order valence-corrected chi connectivity index (χ0v) is 25.0. The number of nitrogens with zero attached hydrogens (tertiary/aromatic N) is 1. The highest BCUT2D eigenvalue weighted by Crippen LogP contribution is 2.40. The summed E-state index contributed by atoms with van der Waals surface area (Å²) in [5, 5.41) is 7.38. The van der Waals surface area contributed by atoms with Crippen molar-refractivity contribution in [3.05, 3.63) is 169 Å². The van der Waals surface area contributed by atoms with Crippen molar-refractivity contribution in [1.82, 2.24) is 0 Å². The molecule has 6 aromatic carbocycles. The number of benzene rings is 6. The summed E-state index contributed by atoms with van der Waals surface area (Å²) in [6, 6.07) is 41.1. The SMILES string of the molecule is C=C/C(C)=C(\C=C)N=C(C)c1c2ccccc2c(-c2ccc3cc(C)ccc3c2)c2ccccc12.Cc1ccccc1. The van der Waals surface area contributed by atoms with Crippen molar-refractivity contribution in [2.24, 2.45) is 4.99 Å². The predicted octanol–water partition coefficient (Wildman–Crippen LogP) is 11.6. The van der Waals surface area contributed by atoms with Crippen molar-refractivity contribution < 1.29 is 0 Å². The summed E-state index contributed by atoms with van der Waals surface area (Å²) < 4.78 is 0. The molecule has 0 unspecified atom stereocenters. The van der Waals surface area contributed by atoms with Crippen LogP contribution in [0, 0.1) is 13.8 Å². The van der Waals surface area contributed by atoms with Gasteiger partial charge in [0.2, 0.25) is 0 Å². The van der Waals surface area contributed by atoms with Gasteiger partial charge in [-0.2, -0.15) is 0 Å². The Bertz CT molecular complexity index is 1930. The smallest absolute Gasteiger partial charge is 0.0656 e. The summed E-state index contributed by atoms with van der Waals surface area (Å²) >= 11 is 0. The largest absolute Gasteiger partial charge is 0.253 e. The molecule has 0 fully saturated rings. The molecule has 0 amide bonds. The van der Waals surface area contributed by atoms with Crippen LogP contribution in [-0.4, -0.2) is 5.71 Å². The van der Waals surface area contributed by atoms with Crippen LogP contribution in [0.5, 0.6) is 0 Å². The van der Waals surface area contributed by atoms with Gasteiger partial charge in [0.25, 0.3) is 0 Å². The number of rotatable bonds is 5. The van der Waals surface area contributed by atoms with Gasteiger partial charge in [-0.15, -0.1) is 0 Å². The van der Waals surface area contributed by atoms with Crippen LogP contribution in [0.4, 0.5) is 0 Å². The van der Waals surface area contributed by atoms with Gasteiger partial charge in [0.15, 0.2) is 0 Å². The third-order valence-corrected chi connectivity index (χ3v) is 7.71. The molecule has 0 heterocycles. The first-order chi connectivity index (χ1) is 20.4. The molecule has 206 valence electrons. The Balaban J connectivity index is 0.000000442. The summed E-state index contributed by atoms with van der Waals surface area (Å²) in [6.45, 7) is 16.2. The highest BCUT2D eigenvalue weighted by atomic mass is 14.8. The first-order valence-electron chi connectivity index (χ1n) is 14.4. The molecule has 0 aliphatic carbocycles. The van der Waals surface area contributed by atoms with E-state index >= 15 is 0 Å². The lowest BCUT2D eigenvalue weighted by Gasteiger charge is -2.18. The highest BCUT2D eigenvalue weighted by Gasteiger charge is 2.17. The minimum Gasteiger partial charge on any atom is -0.253 e. The van der Waals surface area contributed by atoms with Crippen molar-refractivity contribution in [3.8, 4) is 11.1 Å². The zero-order valence-electron chi connectivity index (χ0n) is 25.0. The fourth-order valence-corrected chi connectivity index (χ4v) is 5.52.